The molecule has 1 heterocycles. The fourth-order valence-corrected chi connectivity index (χ4v) is 2.69. The molecule has 1 aromatic rings. The maximum Gasteiger partial charge on any atom is 0.164 e. The van der Waals surface area contributed by atoms with Gasteiger partial charge in [0, 0.05) is 24.6 Å². The number of piperidine rings is 1. The summed E-state index contributed by atoms with van der Waals surface area (Å²) in [7, 11) is 0. The van der Waals surface area contributed by atoms with Gasteiger partial charge in [0.25, 0.3) is 0 Å². The van der Waals surface area contributed by atoms with Gasteiger partial charge in [-0.25, -0.2) is 0 Å². The minimum Gasteiger partial charge on any atom is -0.395 e. The molecule has 104 valence electrons. The van der Waals surface area contributed by atoms with E-state index in [9.17, 15) is 9.90 Å². The molecule has 0 amide bonds. The smallest absolute Gasteiger partial charge is 0.164 e. The van der Waals surface area contributed by atoms with E-state index in [1.807, 2.05) is 31.2 Å². The quantitative estimate of drug-likeness (QED) is 0.828. The molecule has 1 aliphatic rings. The molecule has 1 unspecified atom stereocenters. The van der Waals surface area contributed by atoms with Crippen LogP contribution in [0, 0.1) is 6.92 Å². The summed E-state index contributed by atoms with van der Waals surface area (Å²) in [5, 5.41) is 9.35. The van der Waals surface area contributed by atoms with Gasteiger partial charge in [0.15, 0.2) is 5.78 Å². The lowest BCUT2D eigenvalue weighted by atomic mass is 10.0. The first-order valence-corrected chi connectivity index (χ1v) is 7.15. The van der Waals surface area contributed by atoms with Crippen LogP contribution in [0.2, 0.25) is 0 Å². The van der Waals surface area contributed by atoms with Crippen LogP contribution in [0.1, 0.15) is 41.6 Å². The van der Waals surface area contributed by atoms with Crippen molar-refractivity contribution in [1.29, 1.82) is 0 Å². The number of rotatable bonds is 5. The number of aliphatic hydroxyl groups excluding tert-OH is 1. The minimum absolute atomic E-state index is 0.197. The van der Waals surface area contributed by atoms with E-state index in [2.05, 4.69) is 4.90 Å². The van der Waals surface area contributed by atoms with Gasteiger partial charge in [-0.15, -0.1) is 0 Å². The zero-order valence-electron chi connectivity index (χ0n) is 11.6. The molecule has 0 radical (unpaired) electrons. The van der Waals surface area contributed by atoms with Gasteiger partial charge < -0.3 is 5.11 Å². The molecule has 1 atom stereocenters. The summed E-state index contributed by atoms with van der Waals surface area (Å²) >= 11 is 0. The Labute approximate surface area is 115 Å². The predicted molar refractivity (Wildman–Crippen MR) is 76.4 cm³/mol. The number of carbonyl (C=O) groups excluding carboxylic acids is 1. The SMILES string of the molecule is Cc1ccc(C(=O)CCN2CCCCC2CO)cc1. The molecule has 19 heavy (non-hydrogen) atoms. The van der Waals surface area contributed by atoms with Gasteiger partial charge in [0.1, 0.15) is 0 Å². The van der Waals surface area contributed by atoms with E-state index in [0.717, 1.165) is 25.1 Å². The van der Waals surface area contributed by atoms with Crippen LogP contribution >= 0.6 is 0 Å². The number of aryl methyl sites for hydroxylation is 1. The highest BCUT2D eigenvalue weighted by atomic mass is 16.3. The number of likely N-dealkylation sites (tertiary alicyclic amines) is 1. The molecule has 1 aliphatic heterocycles. The fourth-order valence-electron chi connectivity index (χ4n) is 2.69. The second-order valence-electron chi connectivity index (χ2n) is 5.41. The average molecular weight is 261 g/mol. The van der Waals surface area contributed by atoms with Crippen LogP contribution in [-0.2, 0) is 0 Å². The van der Waals surface area contributed by atoms with Gasteiger partial charge in [0.2, 0.25) is 0 Å². The third-order valence-corrected chi connectivity index (χ3v) is 3.96. The van der Waals surface area contributed by atoms with Crippen molar-refractivity contribution < 1.29 is 9.90 Å². The van der Waals surface area contributed by atoms with E-state index < -0.39 is 0 Å². The lowest BCUT2D eigenvalue weighted by Gasteiger charge is -2.34. The first kappa shape index (κ1) is 14.2. The van der Waals surface area contributed by atoms with Crippen molar-refractivity contribution in [3.05, 3.63) is 35.4 Å². The molecule has 1 fully saturated rings. The Balaban J connectivity index is 1.87. The normalized spacial score (nSPS) is 20.4. The highest BCUT2D eigenvalue weighted by Crippen LogP contribution is 2.17. The van der Waals surface area contributed by atoms with Gasteiger partial charge in [-0.2, -0.15) is 0 Å². The molecule has 0 bridgehead atoms. The zero-order valence-corrected chi connectivity index (χ0v) is 11.6. The molecule has 3 heteroatoms. The zero-order chi connectivity index (χ0) is 13.7. The highest BCUT2D eigenvalue weighted by molar-refractivity contribution is 5.96. The number of benzene rings is 1. The lowest BCUT2D eigenvalue weighted by molar-refractivity contribution is 0.0793. The molecular formula is C16H23NO2. The van der Waals surface area contributed by atoms with Gasteiger partial charge >= 0.3 is 0 Å². The van der Waals surface area contributed by atoms with Crippen LogP contribution in [0.3, 0.4) is 0 Å². The summed E-state index contributed by atoms with van der Waals surface area (Å²) in [4.78, 5) is 14.4. The Morgan fingerprint density at radius 2 is 2.05 bits per heavy atom. The molecule has 0 aliphatic carbocycles. The molecular weight excluding hydrogens is 238 g/mol. The van der Waals surface area contributed by atoms with Crippen LogP contribution in [0.25, 0.3) is 0 Å². The van der Waals surface area contributed by atoms with Crippen LogP contribution < -0.4 is 0 Å². The van der Waals surface area contributed by atoms with Crippen molar-refractivity contribution in [2.75, 3.05) is 19.7 Å². The Morgan fingerprint density at radius 1 is 1.32 bits per heavy atom. The number of hydrogen-bond donors (Lipinski definition) is 1. The largest absolute Gasteiger partial charge is 0.395 e. The van der Waals surface area contributed by atoms with Crippen molar-refractivity contribution in [3.63, 3.8) is 0 Å². The Bertz CT molecular complexity index is 413. The lowest BCUT2D eigenvalue weighted by Crippen LogP contribution is -2.42. The number of ketones is 1. The third kappa shape index (κ3) is 3.88. The second kappa shape index (κ2) is 6.83. The number of aliphatic hydroxyl groups is 1. The van der Waals surface area contributed by atoms with Gasteiger partial charge in [-0.1, -0.05) is 36.2 Å². The van der Waals surface area contributed by atoms with E-state index in [4.69, 9.17) is 0 Å². The average Bonchev–Trinajstić information content (AvgIpc) is 2.45. The number of hydrogen-bond acceptors (Lipinski definition) is 3. The predicted octanol–water partition coefficient (Wildman–Crippen LogP) is 2.41. The van der Waals surface area contributed by atoms with Gasteiger partial charge in [-0.3, -0.25) is 9.69 Å². The summed E-state index contributed by atoms with van der Waals surface area (Å²) in [6.45, 7) is 4.00. The highest BCUT2D eigenvalue weighted by Gasteiger charge is 2.21. The van der Waals surface area contributed by atoms with Crippen molar-refractivity contribution in [2.45, 2.75) is 38.6 Å². The molecule has 1 saturated heterocycles. The summed E-state index contributed by atoms with van der Waals surface area (Å²) in [6, 6.07) is 8.00. The maximum absolute atomic E-state index is 12.1. The summed E-state index contributed by atoms with van der Waals surface area (Å²) in [6.07, 6.45) is 3.96. The Kier molecular flexibility index (Phi) is 5.11. The number of Topliss-reactive ketones (excluding diaryl/α,β-unsaturated/α-hetero) is 1. The summed E-state index contributed by atoms with van der Waals surface area (Å²) < 4.78 is 0. The first-order chi connectivity index (χ1) is 9.20. The fraction of sp³-hybridized carbons (Fsp3) is 0.562. The molecule has 3 nitrogen and oxygen atoms in total. The monoisotopic (exact) mass is 261 g/mol. The van der Waals surface area contributed by atoms with Crippen LogP contribution in [0.15, 0.2) is 24.3 Å². The maximum atomic E-state index is 12.1. The van der Waals surface area contributed by atoms with Crippen molar-refractivity contribution in [2.24, 2.45) is 0 Å². The van der Waals surface area contributed by atoms with E-state index in [-0.39, 0.29) is 18.4 Å². The van der Waals surface area contributed by atoms with Crippen LogP contribution in [-0.4, -0.2) is 41.5 Å². The summed E-state index contributed by atoms with van der Waals surface area (Å²) in [5.41, 5.74) is 1.97. The van der Waals surface area contributed by atoms with E-state index in [1.54, 1.807) is 0 Å². The molecule has 2 rings (SSSR count). The van der Waals surface area contributed by atoms with Crippen LogP contribution in [0.4, 0.5) is 0 Å². The Hall–Kier alpha value is -1.19. The standard InChI is InChI=1S/C16H23NO2/c1-13-5-7-14(8-6-13)16(19)9-11-17-10-3-2-4-15(17)12-18/h5-8,15,18H,2-4,9-12H2,1H3. The molecule has 0 spiro atoms. The van der Waals surface area contributed by atoms with Crippen molar-refractivity contribution in [1.82, 2.24) is 4.90 Å². The third-order valence-electron chi connectivity index (χ3n) is 3.96. The topological polar surface area (TPSA) is 40.5 Å². The van der Waals surface area contributed by atoms with Crippen LogP contribution in [0.5, 0.6) is 0 Å². The van der Waals surface area contributed by atoms with Gasteiger partial charge in [0.05, 0.1) is 6.61 Å². The second-order valence-corrected chi connectivity index (χ2v) is 5.41. The summed E-state index contributed by atoms with van der Waals surface area (Å²) in [5.74, 6) is 0.197. The molecule has 1 N–H and O–H groups in total. The molecule has 1 aromatic carbocycles. The van der Waals surface area contributed by atoms with E-state index >= 15 is 0 Å². The van der Waals surface area contributed by atoms with Gasteiger partial charge in [-0.05, 0) is 26.3 Å². The van der Waals surface area contributed by atoms with Crippen molar-refractivity contribution in [3.8, 4) is 0 Å². The molecule has 0 aromatic heterocycles. The minimum atomic E-state index is 0.197. The number of nitrogens with zero attached hydrogens (tertiary/aromatic N) is 1. The van der Waals surface area contributed by atoms with E-state index in [1.165, 1.54) is 18.4 Å². The number of carbonyl (C=O) groups is 1. The Morgan fingerprint density at radius 3 is 2.74 bits per heavy atom. The van der Waals surface area contributed by atoms with Crippen molar-refractivity contribution >= 4 is 5.78 Å². The van der Waals surface area contributed by atoms with E-state index in [0.29, 0.717) is 6.42 Å². The first-order valence-electron chi connectivity index (χ1n) is 7.15. The molecule has 0 saturated carbocycles.